The topological polar surface area (TPSA) is 9.23 Å². The lowest BCUT2D eigenvalue weighted by molar-refractivity contribution is 0.150. The molecule has 1 atom stereocenters. The largest absolute Gasteiger partial charge is 0.490 e. The molecule has 3 aliphatic rings. The predicted octanol–water partition coefficient (Wildman–Crippen LogP) is 9.73. The zero-order valence-electron chi connectivity index (χ0n) is 21.2. The summed E-state index contributed by atoms with van der Waals surface area (Å²) in [5.41, 5.74) is 0.964. The highest BCUT2D eigenvalue weighted by Crippen LogP contribution is 2.44. The zero-order valence-corrected chi connectivity index (χ0v) is 21.2. The van der Waals surface area contributed by atoms with Crippen molar-refractivity contribution in [3.8, 4) is 5.75 Å². The standard InChI is InChI=1S/C30H40F4O/c1-3-5-19-6-10-22(11-7-19)25-16-17-26(30(34)29(25)33)35-18-20-8-12-23(13-9-20)24-15-14-21(4-2)27(31)28(24)32/h14,16-17,19-20,22-24H,3-13,15,18H2,1-2H3. The summed E-state index contributed by atoms with van der Waals surface area (Å²) in [6.07, 6.45) is 12.6. The number of ether oxygens (including phenoxy) is 1. The highest BCUT2D eigenvalue weighted by molar-refractivity contribution is 5.34. The molecular weight excluding hydrogens is 452 g/mol. The van der Waals surface area contributed by atoms with Gasteiger partial charge in [-0.15, -0.1) is 0 Å². The van der Waals surface area contributed by atoms with Crippen molar-refractivity contribution in [3.05, 3.63) is 52.6 Å². The molecule has 35 heavy (non-hydrogen) atoms. The van der Waals surface area contributed by atoms with Crippen molar-refractivity contribution in [1.29, 1.82) is 0 Å². The van der Waals surface area contributed by atoms with Gasteiger partial charge < -0.3 is 4.74 Å². The Hall–Kier alpha value is -1.78. The van der Waals surface area contributed by atoms with E-state index < -0.39 is 23.3 Å². The van der Waals surface area contributed by atoms with E-state index >= 15 is 0 Å². The lowest BCUT2D eigenvalue weighted by atomic mass is 9.73. The molecule has 3 aliphatic carbocycles. The average Bonchev–Trinajstić information content (AvgIpc) is 2.88. The molecule has 0 heterocycles. The summed E-state index contributed by atoms with van der Waals surface area (Å²) in [6.45, 7) is 4.35. The Morgan fingerprint density at radius 1 is 0.829 bits per heavy atom. The van der Waals surface area contributed by atoms with Crippen LogP contribution in [0.5, 0.6) is 5.75 Å². The average molecular weight is 493 g/mol. The van der Waals surface area contributed by atoms with Crippen molar-refractivity contribution in [3.63, 3.8) is 0 Å². The third-order valence-corrected chi connectivity index (χ3v) is 8.81. The van der Waals surface area contributed by atoms with Crippen molar-refractivity contribution in [1.82, 2.24) is 0 Å². The lowest BCUT2D eigenvalue weighted by Gasteiger charge is -2.34. The van der Waals surface area contributed by atoms with E-state index in [1.165, 1.54) is 12.8 Å². The molecular formula is C30H40F4O. The van der Waals surface area contributed by atoms with Crippen molar-refractivity contribution in [2.24, 2.45) is 23.7 Å². The van der Waals surface area contributed by atoms with Crippen LogP contribution in [0.2, 0.25) is 0 Å². The quantitative estimate of drug-likeness (QED) is 0.328. The molecule has 2 fully saturated rings. The molecule has 1 aromatic rings. The minimum Gasteiger partial charge on any atom is -0.490 e. The Bertz CT molecular complexity index is 921. The normalized spacial score (nSPS) is 29.8. The van der Waals surface area contributed by atoms with Crippen LogP contribution in [-0.4, -0.2) is 6.61 Å². The summed E-state index contributed by atoms with van der Waals surface area (Å²) in [6, 6.07) is 3.29. The first-order chi connectivity index (χ1) is 16.9. The molecule has 4 rings (SSSR count). The number of benzene rings is 1. The number of rotatable bonds is 8. The summed E-state index contributed by atoms with van der Waals surface area (Å²) < 4.78 is 64.3. The molecule has 2 saturated carbocycles. The van der Waals surface area contributed by atoms with E-state index in [2.05, 4.69) is 6.92 Å². The number of allylic oxidation sites excluding steroid dienone is 4. The summed E-state index contributed by atoms with van der Waals surface area (Å²) in [5.74, 6) is -2.14. The fourth-order valence-corrected chi connectivity index (χ4v) is 6.59. The van der Waals surface area contributed by atoms with Gasteiger partial charge in [-0.05, 0) is 105 Å². The zero-order chi connectivity index (χ0) is 24.9. The van der Waals surface area contributed by atoms with Crippen LogP contribution in [0.1, 0.15) is 102 Å². The Morgan fingerprint density at radius 2 is 1.51 bits per heavy atom. The highest BCUT2D eigenvalue weighted by Gasteiger charge is 2.34. The van der Waals surface area contributed by atoms with Crippen LogP contribution in [0, 0.1) is 35.3 Å². The summed E-state index contributed by atoms with van der Waals surface area (Å²) in [5, 5.41) is 0. The third kappa shape index (κ3) is 5.97. The van der Waals surface area contributed by atoms with Crippen molar-refractivity contribution < 1.29 is 22.3 Å². The molecule has 5 heteroatoms. The Balaban J connectivity index is 1.28. The van der Waals surface area contributed by atoms with Gasteiger partial charge in [-0.2, -0.15) is 4.39 Å². The third-order valence-electron chi connectivity index (χ3n) is 8.81. The van der Waals surface area contributed by atoms with E-state index in [1.807, 2.05) is 13.0 Å². The van der Waals surface area contributed by atoms with Gasteiger partial charge in [-0.3, -0.25) is 0 Å². The predicted molar refractivity (Wildman–Crippen MR) is 133 cm³/mol. The number of hydrogen-bond donors (Lipinski definition) is 0. The first-order valence-corrected chi connectivity index (χ1v) is 13.8. The molecule has 0 aromatic heterocycles. The number of halogens is 4. The van der Waals surface area contributed by atoms with Gasteiger partial charge >= 0.3 is 0 Å². The summed E-state index contributed by atoms with van der Waals surface area (Å²) in [7, 11) is 0. The molecule has 0 N–H and O–H groups in total. The summed E-state index contributed by atoms with van der Waals surface area (Å²) >= 11 is 0. The second kappa shape index (κ2) is 12.0. The minimum atomic E-state index is -0.879. The van der Waals surface area contributed by atoms with Gasteiger partial charge in [0, 0.05) is 5.92 Å². The van der Waals surface area contributed by atoms with Crippen molar-refractivity contribution in [2.45, 2.75) is 96.8 Å². The van der Waals surface area contributed by atoms with Gasteiger partial charge in [0.15, 0.2) is 17.4 Å². The van der Waals surface area contributed by atoms with Crippen LogP contribution in [0.4, 0.5) is 17.6 Å². The van der Waals surface area contributed by atoms with E-state index in [0.29, 0.717) is 30.6 Å². The van der Waals surface area contributed by atoms with E-state index in [-0.39, 0.29) is 29.4 Å². The Labute approximate surface area is 208 Å². The molecule has 1 aromatic carbocycles. The first-order valence-electron chi connectivity index (χ1n) is 13.8. The van der Waals surface area contributed by atoms with Crippen LogP contribution in [0.25, 0.3) is 0 Å². The Kier molecular flexibility index (Phi) is 8.99. The van der Waals surface area contributed by atoms with Crippen molar-refractivity contribution in [2.75, 3.05) is 6.61 Å². The molecule has 1 unspecified atom stereocenters. The fourth-order valence-electron chi connectivity index (χ4n) is 6.59. The van der Waals surface area contributed by atoms with Gasteiger partial charge in [0.2, 0.25) is 5.82 Å². The van der Waals surface area contributed by atoms with Crippen LogP contribution in [0.15, 0.2) is 35.4 Å². The lowest BCUT2D eigenvalue weighted by Crippen LogP contribution is -2.26. The van der Waals surface area contributed by atoms with Gasteiger partial charge in [0.1, 0.15) is 5.83 Å². The van der Waals surface area contributed by atoms with Gasteiger partial charge in [0.25, 0.3) is 0 Å². The Morgan fingerprint density at radius 3 is 2.17 bits per heavy atom. The van der Waals surface area contributed by atoms with Crippen molar-refractivity contribution >= 4 is 0 Å². The van der Waals surface area contributed by atoms with Crippen LogP contribution in [0.3, 0.4) is 0 Å². The molecule has 0 radical (unpaired) electrons. The monoisotopic (exact) mass is 492 g/mol. The SMILES string of the molecule is CCCC1CCC(c2ccc(OCC3CCC(C4CC=C(CC)C(F)=C4F)CC3)c(F)c2F)CC1. The second-order valence-corrected chi connectivity index (χ2v) is 11.0. The van der Waals surface area contributed by atoms with Gasteiger partial charge in [-0.25, -0.2) is 13.2 Å². The smallest absolute Gasteiger partial charge is 0.200 e. The molecule has 0 amide bonds. The molecule has 0 saturated heterocycles. The molecule has 1 nitrogen and oxygen atoms in total. The van der Waals surface area contributed by atoms with E-state index in [4.69, 9.17) is 4.74 Å². The second-order valence-electron chi connectivity index (χ2n) is 11.0. The summed E-state index contributed by atoms with van der Waals surface area (Å²) in [4.78, 5) is 0. The maximum absolute atomic E-state index is 14.9. The molecule has 194 valence electrons. The minimum absolute atomic E-state index is 0.0198. The molecule has 0 aliphatic heterocycles. The fraction of sp³-hybridized carbons (Fsp3) is 0.667. The van der Waals surface area contributed by atoms with Gasteiger partial charge in [-0.1, -0.05) is 38.8 Å². The van der Waals surface area contributed by atoms with E-state index in [1.54, 1.807) is 12.1 Å². The van der Waals surface area contributed by atoms with Crippen LogP contribution >= 0.6 is 0 Å². The maximum Gasteiger partial charge on any atom is 0.200 e. The first kappa shape index (κ1) is 26.3. The molecule has 0 spiro atoms. The van der Waals surface area contributed by atoms with Gasteiger partial charge in [0.05, 0.1) is 6.61 Å². The van der Waals surface area contributed by atoms with Crippen LogP contribution < -0.4 is 4.74 Å². The molecule has 0 bridgehead atoms. The van der Waals surface area contributed by atoms with E-state index in [0.717, 1.165) is 57.3 Å². The van der Waals surface area contributed by atoms with E-state index in [9.17, 15) is 17.6 Å². The number of hydrogen-bond acceptors (Lipinski definition) is 1. The highest BCUT2D eigenvalue weighted by atomic mass is 19.2. The maximum atomic E-state index is 14.9. The van der Waals surface area contributed by atoms with Crippen LogP contribution in [-0.2, 0) is 0 Å².